The summed E-state index contributed by atoms with van der Waals surface area (Å²) in [5, 5.41) is 12.8. The molecule has 1 heterocycles. The first kappa shape index (κ1) is 26.2. The zero-order chi connectivity index (χ0) is 26.5. The summed E-state index contributed by atoms with van der Waals surface area (Å²) in [6.07, 6.45) is 1.68. The molecule has 37 heavy (non-hydrogen) atoms. The Balaban J connectivity index is 1.63. The summed E-state index contributed by atoms with van der Waals surface area (Å²) in [6, 6.07) is 18.2. The highest BCUT2D eigenvalue weighted by atomic mass is 35.5. The predicted molar refractivity (Wildman–Crippen MR) is 142 cm³/mol. The van der Waals surface area contributed by atoms with E-state index in [4.69, 9.17) is 21.6 Å². The van der Waals surface area contributed by atoms with Crippen LogP contribution in [-0.2, 0) is 11.2 Å². The fourth-order valence-corrected chi connectivity index (χ4v) is 4.19. The number of amides is 1. The Morgan fingerprint density at radius 3 is 2.35 bits per heavy atom. The van der Waals surface area contributed by atoms with Crippen molar-refractivity contribution in [1.82, 2.24) is 15.3 Å². The van der Waals surface area contributed by atoms with E-state index in [9.17, 15) is 19.1 Å². The molecule has 1 amide bonds. The Labute approximate surface area is 219 Å². The van der Waals surface area contributed by atoms with Crippen molar-refractivity contribution in [1.29, 1.82) is 0 Å². The number of rotatable bonds is 9. The lowest BCUT2D eigenvalue weighted by molar-refractivity contribution is -0.141. The summed E-state index contributed by atoms with van der Waals surface area (Å²) in [4.78, 5) is 33.9. The maximum absolute atomic E-state index is 13.2. The Morgan fingerprint density at radius 1 is 0.973 bits per heavy atom. The average Bonchev–Trinajstić information content (AvgIpc) is 2.88. The van der Waals surface area contributed by atoms with Gasteiger partial charge in [-0.2, -0.15) is 0 Å². The molecule has 190 valence electrons. The van der Waals surface area contributed by atoms with Crippen LogP contribution in [0.4, 0.5) is 4.39 Å². The lowest BCUT2D eigenvalue weighted by Gasteiger charge is -2.15. The monoisotopic (exact) mass is 519 g/mol. The standard InChI is InChI=1S/C29H27ClFN3O3/c1-17(29(36)37)4-3-5-25-27(20-6-11-22(30)12-7-20)34-24-15-10-21(16-26(24)33-25)28(35)32-18(2)19-8-13-23(31)14-9-19/h6-18H,3-5H2,1-2H3,(H,32,35)(H,36,37)/t17?,18-/m0/s1. The molecule has 4 aromatic rings. The van der Waals surface area contributed by atoms with Gasteiger partial charge in [0.2, 0.25) is 0 Å². The number of aromatic nitrogens is 2. The highest BCUT2D eigenvalue weighted by molar-refractivity contribution is 6.30. The van der Waals surface area contributed by atoms with E-state index >= 15 is 0 Å². The van der Waals surface area contributed by atoms with Crippen molar-refractivity contribution < 1.29 is 19.1 Å². The third-order valence-corrected chi connectivity index (χ3v) is 6.56. The number of carbonyl (C=O) groups is 2. The SMILES string of the molecule is CC(CCCc1nc2cc(C(=O)N[C@@H](C)c3ccc(F)cc3)ccc2nc1-c1ccc(Cl)cc1)C(=O)O. The van der Waals surface area contributed by atoms with E-state index < -0.39 is 11.9 Å². The van der Waals surface area contributed by atoms with Gasteiger partial charge in [-0.1, -0.05) is 42.8 Å². The summed E-state index contributed by atoms with van der Waals surface area (Å²) < 4.78 is 13.2. The predicted octanol–water partition coefficient (Wildman–Crippen LogP) is 6.62. The molecule has 1 aromatic heterocycles. The molecule has 6 nitrogen and oxygen atoms in total. The quantitative estimate of drug-likeness (QED) is 0.259. The van der Waals surface area contributed by atoms with Gasteiger partial charge >= 0.3 is 5.97 Å². The van der Waals surface area contributed by atoms with Crippen LogP contribution in [0.5, 0.6) is 0 Å². The van der Waals surface area contributed by atoms with Crippen molar-refractivity contribution in [3.05, 3.63) is 94.4 Å². The van der Waals surface area contributed by atoms with Crippen molar-refractivity contribution >= 4 is 34.5 Å². The lowest BCUT2D eigenvalue weighted by Crippen LogP contribution is -2.26. The Bertz CT molecular complexity index is 1430. The van der Waals surface area contributed by atoms with Crippen molar-refractivity contribution in [3.8, 4) is 11.3 Å². The molecule has 0 aliphatic rings. The van der Waals surface area contributed by atoms with E-state index in [1.54, 1.807) is 49.4 Å². The molecule has 0 fully saturated rings. The number of aryl methyl sites for hydroxylation is 1. The molecule has 0 aliphatic heterocycles. The fourth-order valence-electron chi connectivity index (χ4n) is 4.06. The van der Waals surface area contributed by atoms with Crippen LogP contribution in [0, 0.1) is 11.7 Å². The zero-order valence-corrected chi connectivity index (χ0v) is 21.3. The molecule has 8 heteroatoms. The largest absolute Gasteiger partial charge is 0.481 e. The molecule has 4 rings (SSSR count). The summed E-state index contributed by atoms with van der Waals surface area (Å²) in [5.41, 5.74) is 4.71. The minimum atomic E-state index is -0.826. The van der Waals surface area contributed by atoms with Crippen LogP contribution in [0.3, 0.4) is 0 Å². The van der Waals surface area contributed by atoms with Gasteiger partial charge in [-0.25, -0.2) is 14.4 Å². The van der Waals surface area contributed by atoms with E-state index in [2.05, 4.69) is 5.32 Å². The van der Waals surface area contributed by atoms with E-state index in [-0.39, 0.29) is 17.8 Å². The molecule has 1 unspecified atom stereocenters. The number of benzene rings is 3. The fraction of sp³-hybridized carbons (Fsp3) is 0.241. The number of fused-ring (bicyclic) bond motifs is 1. The number of carboxylic acid groups (broad SMARTS) is 1. The molecule has 3 aromatic carbocycles. The molecule has 0 bridgehead atoms. The molecule has 0 saturated heterocycles. The normalized spacial score (nSPS) is 12.8. The lowest BCUT2D eigenvalue weighted by atomic mass is 10.0. The van der Waals surface area contributed by atoms with Gasteiger partial charge < -0.3 is 10.4 Å². The van der Waals surface area contributed by atoms with Crippen LogP contribution in [0.2, 0.25) is 5.02 Å². The van der Waals surface area contributed by atoms with E-state index in [1.807, 2.05) is 19.1 Å². The Kier molecular flexibility index (Phi) is 8.14. The number of hydrogen-bond donors (Lipinski definition) is 2. The minimum Gasteiger partial charge on any atom is -0.481 e. The molecule has 2 N–H and O–H groups in total. The molecule has 0 radical (unpaired) electrons. The van der Waals surface area contributed by atoms with Gasteiger partial charge in [0.1, 0.15) is 5.82 Å². The smallest absolute Gasteiger partial charge is 0.306 e. The number of halogens is 2. The Hall–Kier alpha value is -3.84. The van der Waals surface area contributed by atoms with Crippen molar-refractivity contribution in [2.75, 3.05) is 0 Å². The first-order chi connectivity index (χ1) is 17.7. The number of nitrogens with one attached hydrogen (secondary N) is 1. The van der Waals surface area contributed by atoms with Crippen LogP contribution in [0.15, 0.2) is 66.7 Å². The van der Waals surface area contributed by atoms with Gasteiger partial charge in [0.15, 0.2) is 0 Å². The number of carboxylic acids is 1. The zero-order valence-electron chi connectivity index (χ0n) is 20.5. The highest BCUT2D eigenvalue weighted by Gasteiger charge is 2.17. The molecule has 0 saturated carbocycles. The second-order valence-corrected chi connectivity index (χ2v) is 9.54. The van der Waals surface area contributed by atoms with Crippen molar-refractivity contribution in [3.63, 3.8) is 0 Å². The van der Waals surface area contributed by atoms with Crippen LogP contribution in [0.1, 0.15) is 54.3 Å². The van der Waals surface area contributed by atoms with Crippen molar-refractivity contribution in [2.45, 2.75) is 39.2 Å². The molecule has 0 spiro atoms. The van der Waals surface area contributed by atoms with Gasteiger partial charge in [0.05, 0.1) is 34.4 Å². The van der Waals surface area contributed by atoms with Crippen LogP contribution >= 0.6 is 11.6 Å². The maximum atomic E-state index is 13.2. The first-order valence-electron chi connectivity index (χ1n) is 12.1. The highest BCUT2D eigenvalue weighted by Crippen LogP contribution is 2.27. The molecular formula is C29H27ClFN3O3. The topological polar surface area (TPSA) is 92.2 Å². The van der Waals surface area contributed by atoms with Crippen molar-refractivity contribution in [2.24, 2.45) is 5.92 Å². The third kappa shape index (κ3) is 6.49. The maximum Gasteiger partial charge on any atom is 0.306 e. The summed E-state index contributed by atoms with van der Waals surface area (Å²) in [6.45, 7) is 3.52. The number of carbonyl (C=O) groups excluding carboxylic acids is 1. The Morgan fingerprint density at radius 2 is 1.68 bits per heavy atom. The number of hydrogen-bond acceptors (Lipinski definition) is 4. The molecule has 2 atom stereocenters. The van der Waals surface area contributed by atoms with E-state index in [0.717, 1.165) is 16.8 Å². The van der Waals surface area contributed by atoms with Gasteiger partial charge in [-0.15, -0.1) is 0 Å². The second-order valence-electron chi connectivity index (χ2n) is 9.11. The van der Waals surface area contributed by atoms with Crippen LogP contribution in [0.25, 0.3) is 22.3 Å². The van der Waals surface area contributed by atoms with Gasteiger partial charge in [0, 0.05) is 16.1 Å². The third-order valence-electron chi connectivity index (χ3n) is 6.31. The van der Waals surface area contributed by atoms with Gasteiger partial charge in [-0.05, 0) is 74.2 Å². The number of nitrogens with zero attached hydrogens (tertiary/aromatic N) is 2. The first-order valence-corrected chi connectivity index (χ1v) is 12.4. The molecule has 0 aliphatic carbocycles. The van der Waals surface area contributed by atoms with Crippen LogP contribution < -0.4 is 5.32 Å². The summed E-state index contributed by atoms with van der Waals surface area (Å²) in [5.74, 6) is -1.89. The molecular weight excluding hydrogens is 493 g/mol. The van der Waals surface area contributed by atoms with Gasteiger partial charge in [0.25, 0.3) is 5.91 Å². The van der Waals surface area contributed by atoms with E-state index in [0.29, 0.717) is 46.6 Å². The van der Waals surface area contributed by atoms with Gasteiger partial charge in [-0.3, -0.25) is 9.59 Å². The second kappa shape index (κ2) is 11.5. The average molecular weight is 520 g/mol. The number of aliphatic carboxylic acids is 1. The van der Waals surface area contributed by atoms with E-state index in [1.165, 1.54) is 12.1 Å². The minimum absolute atomic E-state index is 0.279. The van der Waals surface area contributed by atoms with Crippen LogP contribution in [-0.4, -0.2) is 27.0 Å². The summed E-state index contributed by atoms with van der Waals surface area (Å²) >= 11 is 6.06. The summed E-state index contributed by atoms with van der Waals surface area (Å²) in [7, 11) is 0.